The van der Waals surface area contributed by atoms with Crippen molar-refractivity contribution in [3.05, 3.63) is 12.4 Å². The van der Waals surface area contributed by atoms with Crippen LogP contribution in [-0.2, 0) is 29.2 Å². The average Bonchev–Trinajstić information content (AvgIpc) is 2.54. The van der Waals surface area contributed by atoms with Gasteiger partial charge in [0.2, 0.25) is 5.83 Å². The third-order valence-electron chi connectivity index (χ3n) is 3.24. The highest BCUT2D eigenvalue weighted by Gasteiger charge is 2.67. The molecule has 0 aliphatic carbocycles. The number of halogens is 8. The Morgan fingerprint density at radius 2 is 1.58 bits per heavy atom. The van der Waals surface area contributed by atoms with Gasteiger partial charge < -0.3 is 14.8 Å². The van der Waals surface area contributed by atoms with E-state index in [4.69, 9.17) is 4.55 Å². The molecule has 0 radical (unpaired) electrons. The maximum Gasteiger partial charge on any atom is 0.466 e. The second kappa shape index (κ2) is 9.64. The van der Waals surface area contributed by atoms with Crippen LogP contribution in [0.4, 0.5) is 35.1 Å². The largest absolute Gasteiger partial charge is 0.466 e. The van der Waals surface area contributed by atoms with Crippen LogP contribution >= 0.6 is 0 Å². The molecule has 1 unspecified atom stereocenters. The number of amides is 1. The van der Waals surface area contributed by atoms with E-state index in [1.54, 1.807) is 5.32 Å². The lowest BCUT2D eigenvalue weighted by Crippen LogP contribution is -2.62. The number of carbonyl (C=O) groups excluding carboxylic acids is 2. The molecule has 0 bridgehead atoms. The Morgan fingerprint density at radius 3 is 1.94 bits per heavy atom. The highest BCUT2D eigenvalue weighted by molar-refractivity contribution is 7.87. The van der Waals surface area contributed by atoms with Crippen LogP contribution in [0.15, 0.2) is 12.4 Å². The lowest BCUT2D eigenvalue weighted by atomic mass is 10.2. The fourth-order valence-corrected chi connectivity index (χ4v) is 2.28. The Kier molecular flexibility index (Phi) is 9.02. The van der Waals surface area contributed by atoms with E-state index in [0.29, 0.717) is 0 Å². The zero-order chi connectivity index (χ0) is 25.1. The molecule has 0 aromatic rings. The molecular formula is C14H17F8NO7S. The SMILES string of the molecule is C=C(F)C(=O)OC(OCCCC(F)(F)C(F)(F)S(=O)(=O)O)(C(=O)NC(C)C)C(F)(F)F. The number of esters is 1. The molecule has 2 N–H and O–H groups in total. The van der Waals surface area contributed by atoms with E-state index < -0.39 is 76.5 Å². The molecule has 0 aromatic carbocycles. The minimum absolute atomic E-state index is 1.03. The van der Waals surface area contributed by atoms with Crippen LogP contribution < -0.4 is 5.32 Å². The van der Waals surface area contributed by atoms with Crippen LogP contribution in [0, 0.1) is 0 Å². The van der Waals surface area contributed by atoms with Gasteiger partial charge in [-0.25, -0.2) is 4.79 Å². The maximum atomic E-state index is 13.5. The van der Waals surface area contributed by atoms with Crippen LogP contribution in [0.2, 0.25) is 0 Å². The molecule has 0 aliphatic rings. The molecule has 1 amide bonds. The van der Waals surface area contributed by atoms with Crippen molar-refractivity contribution in [1.82, 2.24) is 5.32 Å². The molecule has 0 aromatic heterocycles. The van der Waals surface area contributed by atoms with Gasteiger partial charge in [-0.15, -0.1) is 0 Å². The Bertz CT molecular complexity index is 797. The van der Waals surface area contributed by atoms with Crippen molar-refractivity contribution in [1.29, 1.82) is 0 Å². The minimum Gasteiger partial charge on any atom is -0.410 e. The molecule has 0 fully saturated rings. The molecule has 182 valence electrons. The number of alkyl halides is 7. The molecule has 0 saturated carbocycles. The van der Waals surface area contributed by atoms with Crippen LogP contribution in [0.3, 0.4) is 0 Å². The monoisotopic (exact) mass is 495 g/mol. The van der Waals surface area contributed by atoms with Gasteiger partial charge in [-0.05, 0) is 20.3 Å². The van der Waals surface area contributed by atoms with Gasteiger partial charge in [-0.3, -0.25) is 9.35 Å². The molecule has 8 nitrogen and oxygen atoms in total. The number of hydrogen-bond donors (Lipinski definition) is 2. The van der Waals surface area contributed by atoms with Crippen molar-refractivity contribution in [3.8, 4) is 0 Å². The number of rotatable bonds is 11. The van der Waals surface area contributed by atoms with Gasteiger partial charge >= 0.3 is 45.1 Å². The summed E-state index contributed by atoms with van der Waals surface area (Å²) in [6.45, 7) is 3.05. The second-order valence-electron chi connectivity index (χ2n) is 6.19. The molecule has 0 rings (SSSR count). The number of nitrogens with one attached hydrogen (secondary N) is 1. The van der Waals surface area contributed by atoms with Gasteiger partial charge in [0.1, 0.15) is 0 Å². The highest BCUT2D eigenvalue weighted by atomic mass is 32.2. The summed E-state index contributed by atoms with van der Waals surface area (Å²) >= 11 is 0. The van der Waals surface area contributed by atoms with E-state index in [1.807, 2.05) is 0 Å². The number of carbonyl (C=O) groups is 2. The second-order valence-corrected chi connectivity index (χ2v) is 7.65. The number of ether oxygens (including phenoxy) is 2. The van der Waals surface area contributed by atoms with Crippen molar-refractivity contribution in [2.75, 3.05) is 6.61 Å². The normalized spacial score (nSPS) is 15.4. The first-order chi connectivity index (χ1) is 13.6. The van der Waals surface area contributed by atoms with Gasteiger partial charge in [0.05, 0.1) is 6.61 Å². The fraction of sp³-hybridized carbons (Fsp3) is 0.714. The molecule has 0 aliphatic heterocycles. The van der Waals surface area contributed by atoms with Crippen LogP contribution in [-0.4, -0.2) is 60.6 Å². The average molecular weight is 495 g/mol. The van der Waals surface area contributed by atoms with Crippen LogP contribution in [0.25, 0.3) is 0 Å². The first-order valence-electron chi connectivity index (χ1n) is 7.94. The molecule has 1 atom stereocenters. The lowest BCUT2D eigenvalue weighted by molar-refractivity contribution is -0.348. The van der Waals surface area contributed by atoms with E-state index in [0.717, 1.165) is 13.8 Å². The highest BCUT2D eigenvalue weighted by Crippen LogP contribution is 2.42. The summed E-state index contributed by atoms with van der Waals surface area (Å²) in [6.07, 6.45) is -9.53. The van der Waals surface area contributed by atoms with E-state index in [-0.39, 0.29) is 0 Å². The smallest absolute Gasteiger partial charge is 0.410 e. The maximum absolute atomic E-state index is 13.5. The summed E-state index contributed by atoms with van der Waals surface area (Å²) in [6, 6.07) is -1.03. The predicted molar refractivity (Wildman–Crippen MR) is 85.0 cm³/mol. The third kappa shape index (κ3) is 6.73. The van der Waals surface area contributed by atoms with Gasteiger partial charge in [0, 0.05) is 12.5 Å². The van der Waals surface area contributed by atoms with E-state index in [1.165, 1.54) is 0 Å². The van der Waals surface area contributed by atoms with Crippen LogP contribution in [0.5, 0.6) is 0 Å². The van der Waals surface area contributed by atoms with Gasteiger partial charge in [-0.1, -0.05) is 6.58 Å². The summed E-state index contributed by atoms with van der Waals surface area (Å²) in [5.74, 6) is -16.7. The van der Waals surface area contributed by atoms with E-state index >= 15 is 0 Å². The number of hydrogen-bond acceptors (Lipinski definition) is 6. The van der Waals surface area contributed by atoms with Gasteiger partial charge in [-0.2, -0.15) is 43.5 Å². The van der Waals surface area contributed by atoms with E-state index in [2.05, 4.69) is 16.1 Å². The topological polar surface area (TPSA) is 119 Å². The molecule has 0 heterocycles. The van der Waals surface area contributed by atoms with Gasteiger partial charge in [0.15, 0.2) is 0 Å². The zero-order valence-electron chi connectivity index (χ0n) is 15.7. The predicted octanol–water partition coefficient (Wildman–Crippen LogP) is 2.71. The van der Waals surface area contributed by atoms with Crippen molar-refractivity contribution in [3.63, 3.8) is 0 Å². The molecular weight excluding hydrogens is 478 g/mol. The lowest BCUT2D eigenvalue weighted by Gasteiger charge is -2.33. The van der Waals surface area contributed by atoms with Crippen molar-refractivity contribution < 1.29 is 67.2 Å². The first-order valence-corrected chi connectivity index (χ1v) is 9.38. The van der Waals surface area contributed by atoms with Crippen LogP contribution in [0.1, 0.15) is 26.7 Å². The Balaban J connectivity index is 5.77. The summed E-state index contributed by atoms with van der Waals surface area (Å²) in [7, 11) is -6.59. The summed E-state index contributed by atoms with van der Waals surface area (Å²) in [5, 5.41) is -4.35. The Morgan fingerprint density at radius 1 is 1.10 bits per heavy atom. The quantitative estimate of drug-likeness (QED) is 0.113. The van der Waals surface area contributed by atoms with Crippen molar-refractivity contribution >= 4 is 22.0 Å². The van der Waals surface area contributed by atoms with E-state index in [9.17, 15) is 53.1 Å². The summed E-state index contributed by atoms with van der Waals surface area (Å²) in [5.41, 5.74) is 0. The van der Waals surface area contributed by atoms with Crippen molar-refractivity contribution in [2.24, 2.45) is 0 Å². The van der Waals surface area contributed by atoms with Gasteiger partial charge in [0.25, 0.3) is 0 Å². The zero-order valence-corrected chi connectivity index (χ0v) is 16.6. The molecule has 0 spiro atoms. The Hall–Kier alpha value is -2.01. The van der Waals surface area contributed by atoms with Crippen molar-refractivity contribution in [2.45, 2.75) is 55.9 Å². The fourth-order valence-electron chi connectivity index (χ4n) is 1.80. The summed E-state index contributed by atoms with van der Waals surface area (Å²) < 4.78 is 143. The first kappa shape index (κ1) is 29.0. The summed E-state index contributed by atoms with van der Waals surface area (Å²) in [4.78, 5) is 23.3. The molecule has 31 heavy (non-hydrogen) atoms. The Labute approximate surface area is 170 Å². The minimum atomic E-state index is -6.59. The molecule has 0 saturated heterocycles. The molecule has 17 heteroatoms. The third-order valence-corrected chi connectivity index (χ3v) is 4.19. The standard InChI is InChI=1S/C14H17F8NO7S/c1-7(2)23-10(25)12(13(18,19)20,30-9(24)8(3)15)29-6-4-5-11(16,17)14(21,22)31(26,27)28/h7H,3-6H2,1-2H3,(H,23,25)(H,26,27,28).